The first-order valence-corrected chi connectivity index (χ1v) is 13.0. The molecule has 0 unspecified atom stereocenters. The Labute approximate surface area is 216 Å². The summed E-state index contributed by atoms with van der Waals surface area (Å²) in [5, 5.41) is 9.21. The fraction of sp³-hybridized carbons (Fsp3) is 0.0833. The number of aromatic nitrogens is 1. The smallest absolute Gasteiger partial charge is 0.0709 e. The highest BCUT2D eigenvalue weighted by atomic mass is 14.7. The van der Waals surface area contributed by atoms with Gasteiger partial charge in [0, 0.05) is 16.4 Å². The van der Waals surface area contributed by atoms with Crippen LogP contribution in [0.3, 0.4) is 0 Å². The predicted molar refractivity (Wildman–Crippen MR) is 157 cm³/mol. The molecule has 0 aliphatic heterocycles. The molecule has 1 aliphatic rings. The minimum Gasteiger partial charge on any atom is -0.248 e. The lowest BCUT2D eigenvalue weighted by atomic mass is 9.78. The van der Waals surface area contributed by atoms with Crippen LogP contribution in [0.5, 0.6) is 0 Å². The average molecular weight is 472 g/mol. The molecular formula is C36H25N. The van der Waals surface area contributed by atoms with Crippen molar-refractivity contribution in [3.8, 4) is 22.4 Å². The van der Waals surface area contributed by atoms with Gasteiger partial charge in [-0.2, -0.15) is 0 Å². The lowest BCUT2D eigenvalue weighted by Gasteiger charge is -2.24. The summed E-state index contributed by atoms with van der Waals surface area (Å²) in [5.74, 6) is 0. The fourth-order valence-corrected chi connectivity index (χ4v) is 6.70. The Morgan fingerprint density at radius 3 is 1.97 bits per heavy atom. The number of rotatable bonds is 1. The van der Waals surface area contributed by atoms with Crippen molar-refractivity contribution >= 4 is 43.2 Å². The van der Waals surface area contributed by atoms with Gasteiger partial charge in [0.1, 0.15) is 0 Å². The fourth-order valence-electron chi connectivity index (χ4n) is 6.70. The van der Waals surface area contributed by atoms with Crippen LogP contribution in [0.2, 0.25) is 0 Å². The van der Waals surface area contributed by atoms with Crippen LogP contribution in [0.25, 0.3) is 65.6 Å². The van der Waals surface area contributed by atoms with Crippen molar-refractivity contribution in [3.05, 3.63) is 126 Å². The lowest BCUT2D eigenvalue weighted by Crippen LogP contribution is -2.15. The second-order valence-electron chi connectivity index (χ2n) is 10.8. The average Bonchev–Trinajstić information content (AvgIpc) is 3.18. The van der Waals surface area contributed by atoms with Gasteiger partial charge in [-0.05, 0) is 72.8 Å². The molecular weight excluding hydrogens is 446 g/mol. The normalized spacial score (nSPS) is 13.9. The van der Waals surface area contributed by atoms with Crippen molar-refractivity contribution in [1.82, 2.24) is 4.98 Å². The molecule has 1 heteroatoms. The van der Waals surface area contributed by atoms with Crippen LogP contribution in [-0.4, -0.2) is 4.98 Å². The van der Waals surface area contributed by atoms with Crippen molar-refractivity contribution in [2.75, 3.05) is 0 Å². The van der Waals surface area contributed by atoms with Crippen molar-refractivity contribution < 1.29 is 0 Å². The zero-order valence-corrected chi connectivity index (χ0v) is 20.9. The topological polar surface area (TPSA) is 12.9 Å². The van der Waals surface area contributed by atoms with Crippen LogP contribution < -0.4 is 0 Å². The van der Waals surface area contributed by atoms with Gasteiger partial charge in [0.05, 0.1) is 11.2 Å². The molecule has 1 nitrogen and oxygen atoms in total. The highest BCUT2D eigenvalue weighted by Gasteiger charge is 2.37. The minimum atomic E-state index is -0.106. The number of para-hydroxylation sites is 1. The molecule has 0 N–H and O–H groups in total. The third-order valence-corrected chi connectivity index (χ3v) is 8.41. The Morgan fingerprint density at radius 2 is 1.19 bits per heavy atom. The van der Waals surface area contributed by atoms with E-state index >= 15 is 0 Å². The molecule has 0 saturated heterocycles. The van der Waals surface area contributed by atoms with Crippen LogP contribution in [0.15, 0.2) is 115 Å². The summed E-state index contributed by atoms with van der Waals surface area (Å²) >= 11 is 0. The number of nitrogens with zero attached hydrogens (tertiary/aromatic N) is 1. The Balaban J connectivity index is 1.44. The maximum atomic E-state index is 4.99. The van der Waals surface area contributed by atoms with Crippen molar-refractivity contribution in [1.29, 1.82) is 0 Å². The maximum Gasteiger partial charge on any atom is 0.0709 e. The summed E-state index contributed by atoms with van der Waals surface area (Å²) in [4.78, 5) is 4.99. The second-order valence-corrected chi connectivity index (χ2v) is 10.8. The first kappa shape index (κ1) is 20.7. The molecule has 0 atom stereocenters. The van der Waals surface area contributed by atoms with E-state index in [1.54, 1.807) is 0 Å². The lowest BCUT2D eigenvalue weighted by molar-refractivity contribution is 0.667. The van der Waals surface area contributed by atoms with Gasteiger partial charge in [0.25, 0.3) is 0 Å². The first-order valence-electron chi connectivity index (χ1n) is 13.0. The summed E-state index contributed by atoms with van der Waals surface area (Å²) in [5.41, 5.74) is 8.60. The zero-order chi connectivity index (χ0) is 24.7. The maximum absolute atomic E-state index is 4.99. The van der Waals surface area contributed by atoms with E-state index in [1.807, 2.05) is 0 Å². The Morgan fingerprint density at radius 1 is 0.541 bits per heavy atom. The molecule has 0 amide bonds. The molecule has 0 spiro atoms. The molecule has 1 aliphatic carbocycles. The van der Waals surface area contributed by atoms with E-state index in [0.717, 1.165) is 16.8 Å². The molecule has 8 rings (SSSR count). The van der Waals surface area contributed by atoms with Crippen molar-refractivity contribution in [3.63, 3.8) is 0 Å². The number of hydrogen-bond acceptors (Lipinski definition) is 1. The molecule has 1 heterocycles. The van der Waals surface area contributed by atoms with Gasteiger partial charge in [-0.15, -0.1) is 0 Å². The van der Waals surface area contributed by atoms with Crippen LogP contribution in [-0.2, 0) is 5.41 Å². The van der Waals surface area contributed by atoms with E-state index in [9.17, 15) is 0 Å². The van der Waals surface area contributed by atoms with Crippen LogP contribution in [0, 0.1) is 0 Å². The monoisotopic (exact) mass is 471 g/mol. The van der Waals surface area contributed by atoms with Gasteiger partial charge in [-0.1, -0.05) is 111 Å². The third kappa shape index (κ3) is 2.77. The highest BCUT2D eigenvalue weighted by molar-refractivity contribution is 6.27. The van der Waals surface area contributed by atoms with Gasteiger partial charge >= 0.3 is 0 Å². The largest absolute Gasteiger partial charge is 0.248 e. The predicted octanol–water partition coefficient (Wildman–Crippen LogP) is 9.67. The molecule has 174 valence electrons. The quantitative estimate of drug-likeness (QED) is 0.217. The van der Waals surface area contributed by atoms with E-state index in [2.05, 4.69) is 129 Å². The summed E-state index contributed by atoms with van der Waals surface area (Å²) < 4.78 is 0. The van der Waals surface area contributed by atoms with Gasteiger partial charge in [-0.25, -0.2) is 4.98 Å². The van der Waals surface area contributed by atoms with E-state index in [4.69, 9.17) is 4.98 Å². The molecule has 0 fully saturated rings. The van der Waals surface area contributed by atoms with Gasteiger partial charge in [0.2, 0.25) is 0 Å². The Hall–Kier alpha value is -4.49. The zero-order valence-electron chi connectivity index (χ0n) is 20.9. The minimum absolute atomic E-state index is 0.106. The van der Waals surface area contributed by atoms with E-state index in [1.165, 1.54) is 60.0 Å². The van der Waals surface area contributed by atoms with Crippen LogP contribution in [0.1, 0.15) is 25.0 Å². The molecule has 1 aromatic heterocycles. The van der Waals surface area contributed by atoms with Crippen molar-refractivity contribution in [2.45, 2.75) is 19.3 Å². The highest BCUT2D eigenvalue weighted by Crippen LogP contribution is 2.54. The van der Waals surface area contributed by atoms with E-state index in [0.29, 0.717) is 0 Å². The summed E-state index contributed by atoms with van der Waals surface area (Å²) in [7, 11) is 0. The number of fused-ring (bicyclic) bond motifs is 11. The number of pyridine rings is 1. The molecule has 37 heavy (non-hydrogen) atoms. The second kappa shape index (κ2) is 7.27. The summed E-state index contributed by atoms with van der Waals surface area (Å²) in [6, 6.07) is 42.0. The number of benzene rings is 6. The first-order chi connectivity index (χ1) is 18.1. The van der Waals surface area contributed by atoms with Crippen LogP contribution >= 0.6 is 0 Å². The summed E-state index contributed by atoms with van der Waals surface area (Å²) in [6.45, 7) is 4.77. The molecule has 0 radical (unpaired) electrons. The summed E-state index contributed by atoms with van der Waals surface area (Å²) in [6.07, 6.45) is 0. The number of hydrogen-bond donors (Lipinski definition) is 0. The standard InChI is InChI=1S/C36H25N/c1-36(2)31-19-15-23(33-20-16-22-9-3-8-14-32(22)37-33)21-30(31)29-18-17-28-26-12-5-4-10-24(26)25-11-6-7-13-27(25)34(28)35(29)36/h3-21H,1-2H3. The third-order valence-electron chi connectivity index (χ3n) is 8.41. The van der Waals surface area contributed by atoms with Gasteiger partial charge in [-0.3, -0.25) is 0 Å². The van der Waals surface area contributed by atoms with Gasteiger partial charge < -0.3 is 0 Å². The molecule has 0 bridgehead atoms. The molecule has 6 aromatic carbocycles. The Bertz CT molecular complexity index is 2030. The van der Waals surface area contributed by atoms with Gasteiger partial charge in [0.15, 0.2) is 0 Å². The Kier molecular flexibility index (Phi) is 4.06. The van der Waals surface area contributed by atoms with E-state index in [-0.39, 0.29) is 5.41 Å². The van der Waals surface area contributed by atoms with Crippen LogP contribution in [0.4, 0.5) is 0 Å². The SMILES string of the molecule is CC1(C)c2ccc(-c3ccc4ccccc4n3)cc2-c2ccc3c4ccccc4c4ccccc4c3c21. The molecule has 7 aromatic rings. The van der Waals surface area contributed by atoms with E-state index < -0.39 is 0 Å². The molecule has 0 saturated carbocycles. The van der Waals surface area contributed by atoms with Crippen molar-refractivity contribution in [2.24, 2.45) is 0 Å².